The number of carbonyl (C=O) groups is 2. The van der Waals surface area contributed by atoms with Crippen molar-refractivity contribution in [2.24, 2.45) is 0 Å². The van der Waals surface area contributed by atoms with Crippen LogP contribution in [0.15, 0.2) is 53.6 Å². The number of imide groups is 1. The largest absolute Gasteiger partial charge is 0.451 e. The summed E-state index contributed by atoms with van der Waals surface area (Å²) in [6, 6.07) is 13.1. The lowest BCUT2D eigenvalue weighted by Gasteiger charge is -2.14. The Morgan fingerprint density at radius 1 is 0.897 bits per heavy atom. The van der Waals surface area contributed by atoms with Gasteiger partial charge in [0.05, 0.1) is 16.6 Å². The number of nitrogens with zero attached hydrogens (tertiary/aromatic N) is 3. The normalized spacial score (nSPS) is 14.0. The summed E-state index contributed by atoms with van der Waals surface area (Å²) in [7, 11) is 0. The number of para-hydroxylation sites is 1. The van der Waals surface area contributed by atoms with E-state index in [2.05, 4.69) is 9.97 Å². The number of alkyl halides is 3. The Hall–Kier alpha value is -2.94. The number of fused-ring (bicyclic) bond motifs is 2. The van der Waals surface area contributed by atoms with Gasteiger partial charge >= 0.3 is 6.18 Å². The monoisotopic (exact) mass is 417 g/mol. The smallest absolute Gasteiger partial charge is 0.274 e. The first-order valence-electron chi connectivity index (χ1n) is 8.78. The maximum atomic E-state index is 13.1. The number of hydrogen-bond acceptors (Lipinski definition) is 5. The highest BCUT2D eigenvalue weighted by molar-refractivity contribution is 7.99. The lowest BCUT2D eigenvalue weighted by molar-refractivity contribution is -0.145. The zero-order valence-electron chi connectivity index (χ0n) is 14.9. The standard InChI is InChI=1S/C20H14F3N3O2S/c21-20(22,23)19-24-15-9-4-3-8-14(15)16(25-19)29-11-5-10-26-17(27)12-6-1-2-7-13(12)18(26)28/h1-4,6-9H,5,10-11H2. The number of amides is 2. The van der Waals surface area contributed by atoms with E-state index in [1.54, 1.807) is 42.5 Å². The molecule has 2 amide bonds. The van der Waals surface area contributed by atoms with E-state index in [-0.39, 0.29) is 28.9 Å². The van der Waals surface area contributed by atoms with Crippen LogP contribution < -0.4 is 0 Å². The zero-order valence-corrected chi connectivity index (χ0v) is 15.8. The SMILES string of the molecule is O=C1c2ccccc2C(=O)N1CCCSc1nc(C(F)(F)F)nc2ccccc12. The quantitative estimate of drug-likeness (QED) is 0.266. The molecule has 0 saturated heterocycles. The van der Waals surface area contributed by atoms with E-state index in [0.29, 0.717) is 28.7 Å². The molecule has 0 aliphatic carbocycles. The molecule has 0 unspecified atom stereocenters. The van der Waals surface area contributed by atoms with Gasteiger partial charge in [-0.2, -0.15) is 13.2 Å². The van der Waals surface area contributed by atoms with E-state index in [1.807, 2.05) is 0 Å². The average molecular weight is 417 g/mol. The molecule has 4 rings (SSSR count). The summed E-state index contributed by atoms with van der Waals surface area (Å²) in [6.45, 7) is 0.189. The lowest BCUT2D eigenvalue weighted by atomic mass is 10.1. The third-order valence-electron chi connectivity index (χ3n) is 4.46. The molecule has 0 spiro atoms. The Kier molecular flexibility index (Phi) is 4.99. The summed E-state index contributed by atoms with van der Waals surface area (Å²) in [5, 5.41) is 0.761. The fourth-order valence-electron chi connectivity index (χ4n) is 3.12. The fraction of sp³-hybridized carbons (Fsp3) is 0.200. The second-order valence-corrected chi connectivity index (χ2v) is 7.46. The fourth-order valence-corrected chi connectivity index (χ4v) is 4.06. The van der Waals surface area contributed by atoms with Crippen LogP contribution in [-0.4, -0.2) is 39.0 Å². The summed E-state index contributed by atoms with van der Waals surface area (Å²) in [5.41, 5.74) is 0.973. The van der Waals surface area contributed by atoms with E-state index in [0.717, 1.165) is 11.8 Å². The first-order chi connectivity index (χ1) is 13.9. The van der Waals surface area contributed by atoms with Gasteiger partial charge in [0.15, 0.2) is 0 Å². The number of halogens is 3. The van der Waals surface area contributed by atoms with Crippen molar-refractivity contribution < 1.29 is 22.8 Å². The number of aromatic nitrogens is 2. The molecular formula is C20H14F3N3O2S. The molecule has 148 valence electrons. The van der Waals surface area contributed by atoms with Gasteiger partial charge in [0, 0.05) is 17.7 Å². The summed E-state index contributed by atoms with van der Waals surface area (Å²) < 4.78 is 39.3. The van der Waals surface area contributed by atoms with Crippen LogP contribution in [0.5, 0.6) is 0 Å². The number of rotatable bonds is 5. The predicted molar refractivity (Wildman–Crippen MR) is 102 cm³/mol. The first kappa shape index (κ1) is 19.4. The van der Waals surface area contributed by atoms with Crippen LogP contribution >= 0.6 is 11.8 Å². The minimum absolute atomic E-state index is 0.189. The van der Waals surface area contributed by atoms with Crippen LogP contribution in [0.25, 0.3) is 10.9 Å². The van der Waals surface area contributed by atoms with Crippen molar-refractivity contribution in [2.75, 3.05) is 12.3 Å². The van der Waals surface area contributed by atoms with Crippen molar-refractivity contribution in [3.63, 3.8) is 0 Å². The summed E-state index contributed by atoms with van der Waals surface area (Å²) in [6.07, 6.45) is -4.21. The number of thioether (sulfide) groups is 1. The molecular weight excluding hydrogens is 403 g/mol. The highest BCUT2D eigenvalue weighted by Gasteiger charge is 2.36. The van der Waals surface area contributed by atoms with Crippen LogP contribution in [0.3, 0.4) is 0 Å². The first-order valence-corrected chi connectivity index (χ1v) is 9.77. The van der Waals surface area contributed by atoms with Gasteiger partial charge in [-0.1, -0.05) is 30.3 Å². The molecule has 0 saturated carbocycles. The van der Waals surface area contributed by atoms with Gasteiger partial charge in [0.1, 0.15) is 5.03 Å². The van der Waals surface area contributed by atoms with Crippen molar-refractivity contribution in [1.29, 1.82) is 0 Å². The molecule has 5 nitrogen and oxygen atoms in total. The Morgan fingerprint density at radius 3 is 2.17 bits per heavy atom. The summed E-state index contributed by atoms with van der Waals surface area (Å²) in [4.78, 5) is 33.2. The second kappa shape index (κ2) is 7.47. The van der Waals surface area contributed by atoms with Gasteiger partial charge < -0.3 is 0 Å². The molecule has 1 aromatic heterocycles. The van der Waals surface area contributed by atoms with Crippen molar-refractivity contribution in [1.82, 2.24) is 14.9 Å². The van der Waals surface area contributed by atoms with Crippen LogP contribution in [0.1, 0.15) is 33.0 Å². The summed E-state index contributed by atoms with van der Waals surface area (Å²) in [5.74, 6) is -1.48. The highest BCUT2D eigenvalue weighted by atomic mass is 32.2. The second-order valence-electron chi connectivity index (χ2n) is 6.38. The molecule has 0 atom stereocenters. The van der Waals surface area contributed by atoms with Crippen LogP contribution in [0, 0.1) is 0 Å². The lowest BCUT2D eigenvalue weighted by Crippen LogP contribution is -2.31. The molecule has 0 N–H and O–H groups in total. The third-order valence-corrected chi connectivity index (χ3v) is 5.54. The molecule has 1 aliphatic heterocycles. The van der Waals surface area contributed by atoms with E-state index < -0.39 is 12.0 Å². The van der Waals surface area contributed by atoms with Gasteiger partial charge in [-0.15, -0.1) is 11.8 Å². The van der Waals surface area contributed by atoms with Crippen molar-refractivity contribution in [3.8, 4) is 0 Å². The van der Waals surface area contributed by atoms with Crippen molar-refractivity contribution in [2.45, 2.75) is 17.6 Å². The zero-order chi connectivity index (χ0) is 20.6. The van der Waals surface area contributed by atoms with Gasteiger partial charge in [-0.25, -0.2) is 9.97 Å². The maximum Gasteiger partial charge on any atom is 0.451 e. The highest BCUT2D eigenvalue weighted by Crippen LogP contribution is 2.32. The molecule has 9 heteroatoms. The van der Waals surface area contributed by atoms with E-state index in [9.17, 15) is 22.8 Å². The van der Waals surface area contributed by atoms with Gasteiger partial charge in [-0.05, 0) is 24.6 Å². The topological polar surface area (TPSA) is 63.2 Å². The molecule has 2 aromatic carbocycles. The number of benzene rings is 2. The summed E-state index contributed by atoms with van der Waals surface area (Å²) >= 11 is 1.15. The Morgan fingerprint density at radius 2 is 1.52 bits per heavy atom. The maximum absolute atomic E-state index is 13.1. The minimum atomic E-state index is -4.64. The van der Waals surface area contributed by atoms with Crippen molar-refractivity contribution in [3.05, 3.63) is 65.5 Å². The van der Waals surface area contributed by atoms with Gasteiger partial charge in [0.25, 0.3) is 11.8 Å². The molecule has 1 aliphatic rings. The Bertz CT molecular complexity index is 1080. The van der Waals surface area contributed by atoms with Crippen LogP contribution in [0.4, 0.5) is 13.2 Å². The average Bonchev–Trinajstić information content (AvgIpc) is 2.95. The molecule has 0 radical (unpaired) electrons. The third kappa shape index (κ3) is 3.69. The van der Waals surface area contributed by atoms with Crippen LogP contribution in [-0.2, 0) is 6.18 Å². The minimum Gasteiger partial charge on any atom is -0.274 e. The molecule has 29 heavy (non-hydrogen) atoms. The number of carbonyl (C=O) groups excluding carboxylic acids is 2. The Balaban J connectivity index is 1.46. The van der Waals surface area contributed by atoms with Gasteiger partial charge in [0.2, 0.25) is 5.82 Å². The van der Waals surface area contributed by atoms with E-state index in [4.69, 9.17) is 0 Å². The molecule has 2 heterocycles. The van der Waals surface area contributed by atoms with Crippen molar-refractivity contribution >= 4 is 34.5 Å². The van der Waals surface area contributed by atoms with E-state index >= 15 is 0 Å². The molecule has 0 fully saturated rings. The van der Waals surface area contributed by atoms with Crippen LogP contribution in [0.2, 0.25) is 0 Å². The number of hydrogen-bond donors (Lipinski definition) is 0. The predicted octanol–water partition coefficient (Wildman–Crippen LogP) is 4.43. The van der Waals surface area contributed by atoms with E-state index in [1.165, 1.54) is 11.0 Å². The molecule has 3 aromatic rings. The Labute approximate surface area is 167 Å². The van der Waals surface area contributed by atoms with Gasteiger partial charge in [-0.3, -0.25) is 14.5 Å². The molecule has 0 bridgehead atoms.